The van der Waals surface area contributed by atoms with Gasteiger partial charge in [-0.25, -0.2) is 4.98 Å². The number of carbonyl (C=O) groups excluding carboxylic acids is 1. The van der Waals surface area contributed by atoms with Crippen LogP contribution in [-0.4, -0.2) is 31.1 Å². The Hall–Kier alpha value is -1.02. The van der Waals surface area contributed by atoms with Crippen molar-refractivity contribution >= 4 is 37.9 Å². The highest BCUT2D eigenvalue weighted by Crippen LogP contribution is 2.25. The lowest BCUT2D eigenvalue weighted by molar-refractivity contribution is -0.117. The Kier molecular flexibility index (Phi) is 3.17. The SMILES string of the molecule is O=C1CC(S(=O)(=O)F)CN1c1cc(Br)ccn1. The zero-order chi connectivity index (χ0) is 12.6. The molecule has 0 N–H and O–H groups in total. The monoisotopic (exact) mass is 322 g/mol. The van der Waals surface area contributed by atoms with Crippen LogP contribution >= 0.6 is 15.9 Å². The topological polar surface area (TPSA) is 67.3 Å². The van der Waals surface area contributed by atoms with Gasteiger partial charge >= 0.3 is 10.2 Å². The summed E-state index contributed by atoms with van der Waals surface area (Å²) in [5.41, 5.74) is 0. The van der Waals surface area contributed by atoms with Crippen molar-refractivity contribution in [1.82, 2.24) is 4.98 Å². The van der Waals surface area contributed by atoms with E-state index in [0.717, 1.165) is 0 Å². The van der Waals surface area contributed by atoms with Crippen LogP contribution in [0, 0.1) is 0 Å². The zero-order valence-electron chi connectivity index (χ0n) is 8.51. The molecule has 0 saturated carbocycles. The number of nitrogens with zero attached hydrogens (tertiary/aromatic N) is 2. The molecule has 0 aromatic carbocycles. The highest BCUT2D eigenvalue weighted by molar-refractivity contribution is 9.10. The number of hydrogen-bond acceptors (Lipinski definition) is 4. The van der Waals surface area contributed by atoms with Gasteiger partial charge in [-0.1, -0.05) is 15.9 Å². The molecular weight excluding hydrogens is 315 g/mol. The number of amides is 1. The molecule has 8 heteroatoms. The summed E-state index contributed by atoms with van der Waals surface area (Å²) >= 11 is 3.21. The second kappa shape index (κ2) is 4.34. The van der Waals surface area contributed by atoms with Crippen LogP contribution in [0.15, 0.2) is 22.8 Å². The van der Waals surface area contributed by atoms with Gasteiger partial charge in [0.25, 0.3) is 0 Å². The molecule has 1 aliphatic rings. The molecule has 1 fully saturated rings. The first-order valence-electron chi connectivity index (χ1n) is 4.73. The van der Waals surface area contributed by atoms with Crippen molar-refractivity contribution in [2.24, 2.45) is 0 Å². The lowest BCUT2D eigenvalue weighted by Gasteiger charge is -2.14. The van der Waals surface area contributed by atoms with E-state index < -0.39 is 21.4 Å². The largest absolute Gasteiger partial charge is 0.307 e. The standard InChI is InChI=1S/C9H8BrFN2O3S/c10-6-1-2-12-8(3-6)13-5-7(4-9(13)14)17(11,15)16/h1-3,7H,4-5H2. The fraction of sp³-hybridized carbons (Fsp3) is 0.333. The Bertz CT molecular complexity index is 563. The second-order valence-corrected chi connectivity index (χ2v) is 6.17. The number of rotatable bonds is 2. The lowest BCUT2D eigenvalue weighted by Crippen LogP contribution is -2.27. The minimum absolute atomic E-state index is 0.193. The van der Waals surface area contributed by atoms with Gasteiger partial charge in [-0.05, 0) is 12.1 Å². The molecule has 5 nitrogen and oxygen atoms in total. The third-order valence-electron chi connectivity index (χ3n) is 2.47. The molecule has 1 saturated heterocycles. The predicted molar refractivity (Wildman–Crippen MR) is 62.7 cm³/mol. The highest BCUT2D eigenvalue weighted by Gasteiger charge is 2.39. The van der Waals surface area contributed by atoms with Crippen LogP contribution in [0.4, 0.5) is 9.70 Å². The maximum atomic E-state index is 12.8. The first kappa shape index (κ1) is 12.4. The van der Waals surface area contributed by atoms with Crippen molar-refractivity contribution in [3.8, 4) is 0 Å². The normalized spacial score (nSPS) is 20.9. The Morgan fingerprint density at radius 3 is 2.76 bits per heavy atom. The maximum Gasteiger partial charge on any atom is 0.307 e. The molecule has 1 aromatic rings. The average molecular weight is 323 g/mol. The van der Waals surface area contributed by atoms with Gasteiger partial charge < -0.3 is 0 Å². The Morgan fingerprint density at radius 1 is 1.53 bits per heavy atom. The van der Waals surface area contributed by atoms with Gasteiger partial charge in [0.2, 0.25) is 5.91 Å². The van der Waals surface area contributed by atoms with Crippen molar-refractivity contribution < 1.29 is 17.1 Å². The summed E-state index contributed by atoms with van der Waals surface area (Å²) in [5.74, 6) is -0.127. The van der Waals surface area contributed by atoms with Gasteiger partial charge in [0, 0.05) is 23.6 Å². The Morgan fingerprint density at radius 2 is 2.24 bits per heavy atom. The number of hydrogen-bond donors (Lipinski definition) is 0. The van der Waals surface area contributed by atoms with Crippen LogP contribution in [0.25, 0.3) is 0 Å². The van der Waals surface area contributed by atoms with Crippen molar-refractivity contribution in [2.75, 3.05) is 11.4 Å². The van der Waals surface area contributed by atoms with Crippen molar-refractivity contribution in [3.05, 3.63) is 22.8 Å². The average Bonchev–Trinajstić information content (AvgIpc) is 2.60. The number of aromatic nitrogens is 1. The number of carbonyl (C=O) groups is 1. The van der Waals surface area contributed by atoms with Crippen LogP contribution in [0.3, 0.4) is 0 Å². The Balaban J connectivity index is 2.28. The van der Waals surface area contributed by atoms with Crippen LogP contribution in [0.2, 0.25) is 0 Å². The summed E-state index contributed by atoms with van der Waals surface area (Å²) in [6, 6.07) is 3.25. The fourth-order valence-electron chi connectivity index (χ4n) is 1.63. The van der Waals surface area contributed by atoms with Crippen LogP contribution in [0.1, 0.15) is 6.42 Å². The van der Waals surface area contributed by atoms with E-state index in [2.05, 4.69) is 20.9 Å². The minimum atomic E-state index is -4.69. The molecule has 17 heavy (non-hydrogen) atoms. The molecule has 1 unspecified atom stereocenters. The van der Waals surface area contributed by atoms with Crippen molar-refractivity contribution in [3.63, 3.8) is 0 Å². The molecule has 1 amide bonds. The van der Waals surface area contributed by atoms with Gasteiger partial charge in [-0.2, -0.15) is 8.42 Å². The summed E-state index contributed by atoms with van der Waals surface area (Å²) in [6.45, 7) is -0.193. The molecule has 92 valence electrons. The molecule has 2 rings (SSSR count). The van der Waals surface area contributed by atoms with Crippen molar-refractivity contribution in [2.45, 2.75) is 11.7 Å². The van der Waals surface area contributed by atoms with Crippen LogP contribution in [0.5, 0.6) is 0 Å². The van der Waals surface area contributed by atoms with Gasteiger partial charge in [0.05, 0.1) is 0 Å². The van der Waals surface area contributed by atoms with E-state index in [1.54, 1.807) is 12.1 Å². The fourth-order valence-corrected chi connectivity index (χ4v) is 2.62. The molecule has 1 aromatic heterocycles. The van der Waals surface area contributed by atoms with E-state index in [1.807, 2.05) is 0 Å². The lowest BCUT2D eigenvalue weighted by atomic mass is 10.4. The summed E-state index contributed by atoms with van der Waals surface area (Å²) in [4.78, 5) is 16.7. The smallest absolute Gasteiger partial charge is 0.295 e. The van der Waals surface area contributed by atoms with E-state index in [9.17, 15) is 17.1 Å². The van der Waals surface area contributed by atoms with E-state index in [1.165, 1.54) is 11.1 Å². The van der Waals surface area contributed by atoms with E-state index >= 15 is 0 Å². The molecule has 0 aliphatic carbocycles. The van der Waals surface area contributed by atoms with E-state index in [4.69, 9.17) is 0 Å². The third-order valence-corrected chi connectivity index (χ3v) is 4.08. The van der Waals surface area contributed by atoms with E-state index in [-0.39, 0.29) is 13.0 Å². The molecule has 2 heterocycles. The molecule has 1 aliphatic heterocycles. The van der Waals surface area contributed by atoms with Gasteiger partial charge in [-0.3, -0.25) is 9.69 Å². The minimum Gasteiger partial charge on any atom is -0.295 e. The Labute approximate surface area is 106 Å². The quantitative estimate of drug-likeness (QED) is 0.768. The van der Waals surface area contributed by atoms with Crippen molar-refractivity contribution in [1.29, 1.82) is 0 Å². The number of halogens is 2. The summed E-state index contributed by atoms with van der Waals surface area (Å²) in [6.07, 6.45) is 1.14. The maximum absolute atomic E-state index is 12.8. The highest BCUT2D eigenvalue weighted by atomic mass is 79.9. The number of anilines is 1. The molecule has 0 spiro atoms. The second-order valence-electron chi connectivity index (χ2n) is 3.64. The predicted octanol–water partition coefficient (Wildman–Crippen LogP) is 1.25. The van der Waals surface area contributed by atoms with Gasteiger partial charge in [0.15, 0.2) is 0 Å². The summed E-state index contributed by atoms with van der Waals surface area (Å²) in [5, 5.41) is -1.30. The molecular formula is C9H8BrFN2O3S. The van der Waals surface area contributed by atoms with E-state index in [0.29, 0.717) is 10.3 Å². The molecule has 1 atom stereocenters. The van der Waals surface area contributed by atoms with Gasteiger partial charge in [-0.15, -0.1) is 3.89 Å². The first-order chi connectivity index (χ1) is 7.88. The zero-order valence-corrected chi connectivity index (χ0v) is 10.9. The summed E-state index contributed by atoms with van der Waals surface area (Å²) in [7, 11) is -4.69. The number of pyridine rings is 1. The third kappa shape index (κ3) is 2.63. The molecule has 0 bridgehead atoms. The first-order valence-corrected chi connectivity index (χ1v) is 6.97. The van der Waals surface area contributed by atoms with Crippen LogP contribution in [-0.2, 0) is 15.0 Å². The van der Waals surface area contributed by atoms with Crippen LogP contribution < -0.4 is 4.90 Å². The summed E-state index contributed by atoms with van der Waals surface area (Å²) < 4.78 is 35.0. The van der Waals surface area contributed by atoms with Gasteiger partial charge in [0.1, 0.15) is 11.1 Å². The molecule has 0 radical (unpaired) electrons.